The van der Waals surface area contributed by atoms with Gasteiger partial charge in [-0.25, -0.2) is 9.36 Å². The van der Waals surface area contributed by atoms with Crippen molar-refractivity contribution >= 4 is 35.0 Å². The third-order valence-electron chi connectivity index (χ3n) is 14.6. The molecule has 5 fully saturated rings. The highest BCUT2D eigenvalue weighted by Gasteiger charge is 3.01. The molecule has 9 nitrogen and oxygen atoms in total. The van der Waals surface area contributed by atoms with Crippen molar-refractivity contribution in [1.29, 1.82) is 0 Å². The number of hydrogen-bond donors (Lipinski definition) is 1. The van der Waals surface area contributed by atoms with Crippen LogP contribution < -0.4 is 21.5 Å². The summed E-state index contributed by atoms with van der Waals surface area (Å²) >= 11 is 0. The number of hydrogen-bond acceptors (Lipinski definition) is 7. The number of carbonyl (C=O) groups is 2. The summed E-state index contributed by atoms with van der Waals surface area (Å²) < 4.78 is 34.5. The van der Waals surface area contributed by atoms with Crippen LogP contribution in [0.15, 0.2) is 66.1 Å². The van der Waals surface area contributed by atoms with Crippen molar-refractivity contribution in [2.45, 2.75) is 139 Å². The second-order valence-electron chi connectivity index (χ2n) is 17.6. The van der Waals surface area contributed by atoms with Crippen LogP contribution in [0, 0.1) is 17.3 Å². The number of unbranched alkanes of at least 4 members (excludes halogenated alkanes) is 6. The molecule has 2 spiro atoms. The minimum Gasteiger partial charge on any atom is -1.00 e. The Hall–Kier alpha value is -3.31. The number of esters is 2. The average Bonchev–Trinajstić information content (AvgIpc) is 4.12. The van der Waals surface area contributed by atoms with Gasteiger partial charge in [-0.05, 0) is 66.7 Å². The summed E-state index contributed by atoms with van der Waals surface area (Å²) in [5, 5.41) is 1.24. The number of pyridine rings is 1. The molecule has 55 heavy (non-hydrogen) atoms. The van der Waals surface area contributed by atoms with E-state index in [0.29, 0.717) is 19.4 Å². The Kier molecular flexibility index (Phi) is 9.26. The molecule has 3 aromatic rings. The Morgan fingerprint density at radius 1 is 0.982 bits per heavy atom. The van der Waals surface area contributed by atoms with Crippen LogP contribution in [0.2, 0.25) is 0 Å². The van der Waals surface area contributed by atoms with E-state index in [1.165, 1.54) is 35.8 Å². The molecular weight excluding hydrogens is 760 g/mol. The van der Waals surface area contributed by atoms with Crippen LogP contribution in [0.1, 0.15) is 103 Å². The van der Waals surface area contributed by atoms with Gasteiger partial charge in [0.05, 0.1) is 6.10 Å². The molecule has 6 heterocycles. The average molecular weight is 814 g/mol. The van der Waals surface area contributed by atoms with Crippen LogP contribution in [0.25, 0.3) is 23.1 Å². The number of rotatable bonds is 14. The van der Waals surface area contributed by atoms with Gasteiger partial charge in [-0.2, -0.15) is 0 Å². The normalized spacial score (nSPS) is 35.9. The number of H-pyrrole nitrogens is 1. The number of epoxide rings is 3. The van der Waals surface area contributed by atoms with Gasteiger partial charge in [0.1, 0.15) is 36.6 Å². The largest absolute Gasteiger partial charge is 1.00 e. The fourth-order valence-corrected chi connectivity index (χ4v) is 11.6. The van der Waals surface area contributed by atoms with Crippen LogP contribution in [-0.2, 0) is 39.8 Å². The molecule has 0 radical (unpaired) electrons. The van der Waals surface area contributed by atoms with Gasteiger partial charge in [-0.1, -0.05) is 76.8 Å². The van der Waals surface area contributed by atoms with Crippen molar-refractivity contribution in [1.82, 2.24) is 4.98 Å². The molecule has 9 atom stereocenters. The second-order valence-corrected chi connectivity index (χ2v) is 17.6. The number of aromatic nitrogens is 2. The molecular formula is C45H53BrN2O7. The van der Waals surface area contributed by atoms with Gasteiger partial charge in [-0.15, -0.1) is 0 Å². The summed E-state index contributed by atoms with van der Waals surface area (Å²) in [7, 11) is 0. The van der Waals surface area contributed by atoms with Gasteiger partial charge >= 0.3 is 11.9 Å². The van der Waals surface area contributed by atoms with E-state index >= 15 is 0 Å². The molecule has 2 saturated carbocycles. The summed E-state index contributed by atoms with van der Waals surface area (Å²) in [6.45, 7) is 8.04. The zero-order valence-corrected chi connectivity index (χ0v) is 33.8. The quantitative estimate of drug-likeness (QED) is 0.111. The monoisotopic (exact) mass is 812 g/mol. The first kappa shape index (κ1) is 37.3. The Balaban J connectivity index is 0.00000397. The Bertz CT molecular complexity index is 2060. The molecule has 10 rings (SSSR count). The Morgan fingerprint density at radius 3 is 2.55 bits per heavy atom. The van der Waals surface area contributed by atoms with Gasteiger partial charge in [0.15, 0.2) is 24.1 Å². The molecule has 0 bridgehead atoms. The van der Waals surface area contributed by atoms with E-state index in [9.17, 15) is 9.59 Å². The number of carbonyl (C=O) groups excluding carboxylic acids is 2. The molecule has 292 valence electrons. The van der Waals surface area contributed by atoms with Gasteiger partial charge in [0.2, 0.25) is 0 Å². The lowest BCUT2D eigenvalue weighted by Gasteiger charge is -2.53. The van der Waals surface area contributed by atoms with E-state index in [-0.39, 0.29) is 64.5 Å². The summed E-state index contributed by atoms with van der Waals surface area (Å²) in [6.07, 6.45) is 20.5. The number of halogens is 1. The number of fused-ring (bicyclic) bond motifs is 5. The van der Waals surface area contributed by atoms with Crippen molar-refractivity contribution < 1.29 is 54.8 Å². The minimum atomic E-state index is -0.687. The highest BCUT2D eigenvalue weighted by molar-refractivity contribution is 5.92. The SMILES string of the molecule is CC(C)[C@]12O[C@H]1[C@@H]1O[C@]13[C@]1(O[C@H]1C[C@H]1C4=C(CC[C@@]13C)C(=O)OC4)[C@@H]2OC(=O)CCCCCCCCC[n+]1ccc(/C=C/c2c[nH]c3ccccc23)cc1.[Br-]. The van der Waals surface area contributed by atoms with E-state index in [2.05, 4.69) is 97.5 Å². The van der Waals surface area contributed by atoms with Crippen molar-refractivity contribution in [3.63, 3.8) is 0 Å². The van der Waals surface area contributed by atoms with Crippen LogP contribution in [-0.4, -0.2) is 64.7 Å². The van der Waals surface area contributed by atoms with Crippen LogP contribution >= 0.6 is 0 Å². The topological polar surface area (TPSA) is 110 Å². The second kappa shape index (κ2) is 13.7. The summed E-state index contributed by atoms with van der Waals surface area (Å²) in [6, 6.07) is 12.7. The molecule has 7 aliphatic rings. The van der Waals surface area contributed by atoms with Crippen molar-refractivity contribution in [2.75, 3.05) is 6.61 Å². The number of nitrogens with zero attached hydrogens (tertiary/aromatic N) is 1. The standard InChI is InChI=1S/C45H52N2O7.BrH/c1-28(2)43-38(53-43)39-45(54-39)42(3)21-18-32-33(27-50-40(32)49)34(42)25-36-44(45,52-36)41(43)51-37(48)15-9-7-5-4-6-8-12-22-47-23-19-29(20-24-47)16-17-30-26-46-35-14-11-10-13-31(30)35;/h10-11,13-14,16-17,19-20,23-24,26,28,34,36,38-39,41H,4-9,12,15,18,21-22,25,27H2,1-3H3;1H/t34-,36-,38-,39-,41+,42-,43-,44+,45+;/m0./s1. The minimum absolute atomic E-state index is 0. The smallest absolute Gasteiger partial charge is 0.334 e. The highest BCUT2D eigenvalue weighted by Crippen LogP contribution is 2.83. The fourth-order valence-electron chi connectivity index (χ4n) is 11.6. The summed E-state index contributed by atoms with van der Waals surface area (Å²) in [4.78, 5) is 29.4. The predicted molar refractivity (Wildman–Crippen MR) is 202 cm³/mol. The number of ether oxygens (including phenoxy) is 5. The first-order chi connectivity index (χ1) is 26.2. The lowest BCUT2D eigenvalue weighted by Crippen LogP contribution is -3.00. The van der Waals surface area contributed by atoms with Crippen LogP contribution in [0.4, 0.5) is 0 Å². The Morgan fingerprint density at radius 2 is 1.75 bits per heavy atom. The van der Waals surface area contributed by atoms with Gasteiger partial charge in [0, 0.05) is 53.1 Å². The van der Waals surface area contributed by atoms with Crippen LogP contribution in [0.3, 0.4) is 0 Å². The molecule has 4 aliphatic heterocycles. The lowest BCUT2D eigenvalue weighted by molar-refractivity contribution is -0.697. The maximum Gasteiger partial charge on any atom is 0.334 e. The third kappa shape index (κ3) is 5.51. The third-order valence-corrected chi connectivity index (χ3v) is 14.6. The first-order valence-electron chi connectivity index (χ1n) is 20.6. The van der Waals surface area contributed by atoms with Crippen molar-refractivity contribution in [3.05, 3.63) is 77.3 Å². The van der Waals surface area contributed by atoms with Crippen molar-refractivity contribution in [2.24, 2.45) is 17.3 Å². The fraction of sp³-hybridized carbons (Fsp3) is 0.578. The van der Waals surface area contributed by atoms with Crippen LogP contribution in [0.5, 0.6) is 0 Å². The number of aromatic amines is 1. The number of aryl methyl sites for hydroxylation is 1. The molecule has 0 amide bonds. The molecule has 1 aromatic carbocycles. The number of nitrogens with one attached hydrogen (secondary N) is 1. The predicted octanol–water partition coefficient (Wildman–Crippen LogP) is 4.42. The van der Waals surface area contributed by atoms with Gasteiger partial charge in [0.25, 0.3) is 0 Å². The number of benzene rings is 1. The molecule has 2 aromatic heterocycles. The zero-order chi connectivity index (χ0) is 36.9. The molecule has 3 saturated heterocycles. The highest BCUT2D eigenvalue weighted by atomic mass is 79.9. The molecule has 10 heteroatoms. The Labute approximate surface area is 333 Å². The summed E-state index contributed by atoms with van der Waals surface area (Å²) in [5.74, 6) is 0.00879. The van der Waals surface area contributed by atoms with E-state index < -0.39 is 22.9 Å². The lowest BCUT2D eigenvalue weighted by atomic mass is 9.46. The van der Waals surface area contributed by atoms with Gasteiger partial charge < -0.3 is 45.6 Å². The number of cyclic esters (lactones) is 1. The van der Waals surface area contributed by atoms with Crippen molar-refractivity contribution in [3.8, 4) is 0 Å². The maximum atomic E-state index is 13.6. The summed E-state index contributed by atoms with van der Waals surface area (Å²) in [5.41, 5.74) is 3.50. The maximum absolute atomic E-state index is 13.6. The van der Waals surface area contributed by atoms with Gasteiger partial charge in [-0.3, -0.25) is 4.79 Å². The zero-order valence-electron chi connectivity index (χ0n) is 32.2. The van der Waals surface area contributed by atoms with E-state index in [4.69, 9.17) is 23.7 Å². The van der Waals surface area contributed by atoms with E-state index in [0.717, 1.165) is 61.7 Å². The molecule has 1 N–H and O–H groups in total. The van der Waals surface area contributed by atoms with E-state index in [1.807, 2.05) is 0 Å². The number of para-hydroxylation sites is 1. The molecule has 3 aliphatic carbocycles. The first-order valence-corrected chi connectivity index (χ1v) is 20.6. The van der Waals surface area contributed by atoms with E-state index in [1.54, 1.807) is 0 Å². The molecule has 0 unspecified atom stereocenters.